The van der Waals surface area contributed by atoms with Crippen molar-refractivity contribution in [3.63, 3.8) is 0 Å². The topological polar surface area (TPSA) is 68.3 Å². The lowest BCUT2D eigenvalue weighted by Crippen LogP contribution is -2.34. The Bertz CT molecular complexity index is 698. The highest BCUT2D eigenvalue weighted by Crippen LogP contribution is 2.26. The number of thioether (sulfide) groups is 1. The maximum atomic E-state index is 12.1. The first-order valence-electron chi connectivity index (χ1n) is 7.49. The van der Waals surface area contributed by atoms with E-state index >= 15 is 0 Å². The number of hydrogen-bond donors (Lipinski definition) is 1. The number of ether oxygens (including phenoxy) is 1. The fraction of sp³-hybridized carbons (Fsp3) is 0.353. The van der Waals surface area contributed by atoms with E-state index in [0.29, 0.717) is 5.56 Å². The highest BCUT2D eigenvalue weighted by molar-refractivity contribution is 8.00. The van der Waals surface area contributed by atoms with E-state index in [0.717, 1.165) is 21.3 Å². The van der Waals surface area contributed by atoms with Crippen molar-refractivity contribution in [3.05, 3.63) is 46.5 Å². The lowest BCUT2D eigenvalue weighted by molar-refractivity contribution is -0.141. The Morgan fingerprint density at radius 1 is 1.33 bits per heavy atom. The van der Waals surface area contributed by atoms with Crippen molar-refractivity contribution in [3.8, 4) is 0 Å². The summed E-state index contributed by atoms with van der Waals surface area (Å²) >= 11 is 3.32. The van der Waals surface area contributed by atoms with Gasteiger partial charge >= 0.3 is 5.97 Å². The fourth-order valence-corrected chi connectivity index (χ4v) is 3.79. The van der Waals surface area contributed by atoms with Crippen LogP contribution in [0.2, 0.25) is 0 Å². The Balaban J connectivity index is 1.86. The van der Waals surface area contributed by atoms with Gasteiger partial charge in [0.1, 0.15) is 4.34 Å². The number of nitrogens with one attached hydrogen (secondary N) is 1. The fourth-order valence-electron chi connectivity index (χ4n) is 1.99. The van der Waals surface area contributed by atoms with Crippen LogP contribution in [-0.4, -0.2) is 30.0 Å². The van der Waals surface area contributed by atoms with Crippen LogP contribution in [0, 0.1) is 6.92 Å². The highest BCUT2D eigenvalue weighted by Gasteiger charge is 2.13. The third-order valence-electron chi connectivity index (χ3n) is 3.25. The van der Waals surface area contributed by atoms with Gasteiger partial charge in [-0.15, -0.1) is 11.3 Å². The van der Waals surface area contributed by atoms with Crippen molar-refractivity contribution in [2.24, 2.45) is 0 Å². The smallest absolute Gasteiger partial charge is 0.307 e. The van der Waals surface area contributed by atoms with Crippen molar-refractivity contribution in [2.75, 3.05) is 7.11 Å². The van der Waals surface area contributed by atoms with Crippen LogP contribution < -0.4 is 5.32 Å². The molecule has 1 atom stereocenters. The molecule has 1 N–H and O–H groups in total. The largest absolute Gasteiger partial charge is 0.469 e. The number of benzene rings is 1. The second-order valence-electron chi connectivity index (χ2n) is 5.40. The minimum Gasteiger partial charge on any atom is -0.469 e. The maximum Gasteiger partial charge on any atom is 0.307 e. The Hall–Kier alpha value is -1.86. The van der Waals surface area contributed by atoms with Gasteiger partial charge in [-0.05, 0) is 31.5 Å². The summed E-state index contributed by atoms with van der Waals surface area (Å²) in [4.78, 5) is 27.8. The molecule has 1 aromatic carbocycles. The van der Waals surface area contributed by atoms with Gasteiger partial charge in [0.15, 0.2) is 0 Å². The zero-order valence-electron chi connectivity index (χ0n) is 13.9. The standard InChI is InChI=1S/C17H20N2O3S2/c1-11(8-15(20)22-3)18-16(21)14-6-4-13(5-7-14)10-24-17-19-12(2)9-23-17/h4-7,9,11H,8,10H2,1-3H3,(H,18,21). The van der Waals surface area contributed by atoms with Crippen LogP contribution in [0.4, 0.5) is 0 Å². The summed E-state index contributed by atoms with van der Waals surface area (Å²) in [6.45, 7) is 3.75. The lowest BCUT2D eigenvalue weighted by Gasteiger charge is -2.12. The van der Waals surface area contributed by atoms with Gasteiger partial charge in [-0.25, -0.2) is 4.98 Å². The summed E-state index contributed by atoms with van der Waals surface area (Å²) in [6, 6.07) is 7.20. The van der Waals surface area contributed by atoms with E-state index in [9.17, 15) is 9.59 Å². The number of amides is 1. The maximum absolute atomic E-state index is 12.1. The molecule has 7 heteroatoms. The van der Waals surface area contributed by atoms with Gasteiger partial charge in [-0.1, -0.05) is 23.9 Å². The number of thiazole rings is 1. The Kier molecular flexibility index (Phi) is 6.81. The third kappa shape index (κ3) is 5.65. The van der Waals surface area contributed by atoms with Gasteiger partial charge in [0, 0.05) is 28.4 Å². The zero-order valence-corrected chi connectivity index (χ0v) is 15.5. The molecular weight excluding hydrogens is 344 g/mol. The molecule has 128 valence electrons. The molecule has 0 fully saturated rings. The summed E-state index contributed by atoms with van der Waals surface area (Å²) in [6.07, 6.45) is 0.157. The Morgan fingerprint density at radius 3 is 2.62 bits per heavy atom. The van der Waals surface area contributed by atoms with Crippen molar-refractivity contribution in [2.45, 2.75) is 36.4 Å². The van der Waals surface area contributed by atoms with Gasteiger partial charge in [-0.2, -0.15) is 0 Å². The summed E-state index contributed by atoms with van der Waals surface area (Å²) in [7, 11) is 1.33. The minimum absolute atomic E-state index is 0.157. The first-order valence-corrected chi connectivity index (χ1v) is 9.36. The summed E-state index contributed by atoms with van der Waals surface area (Å²) in [5.41, 5.74) is 2.74. The molecule has 0 aliphatic carbocycles. The molecule has 1 heterocycles. The van der Waals surface area contributed by atoms with Gasteiger partial charge in [0.25, 0.3) is 5.91 Å². The number of nitrogens with zero attached hydrogens (tertiary/aromatic N) is 1. The average molecular weight is 364 g/mol. The predicted molar refractivity (Wildman–Crippen MR) is 96.4 cm³/mol. The number of esters is 1. The van der Waals surface area contributed by atoms with Gasteiger partial charge in [0.05, 0.1) is 13.5 Å². The molecule has 0 aliphatic rings. The molecule has 0 bridgehead atoms. The van der Waals surface area contributed by atoms with Gasteiger partial charge in [-0.3, -0.25) is 9.59 Å². The molecule has 2 aromatic rings. The predicted octanol–water partition coefficient (Wildman–Crippen LogP) is 3.43. The van der Waals surface area contributed by atoms with Crippen molar-refractivity contribution in [1.29, 1.82) is 0 Å². The van der Waals surface area contributed by atoms with Crippen LogP contribution in [0.15, 0.2) is 34.0 Å². The first-order chi connectivity index (χ1) is 11.5. The number of aromatic nitrogens is 1. The van der Waals surface area contributed by atoms with E-state index in [1.54, 1.807) is 42.2 Å². The highest BCUT2D eigenvalue weighted by atomic mass is 32.2. The molecule has 24 heavy (non-hydrogen) atoms. The van der Waals surface area contributed by atoms with Gasteiger partial charge < -0.3 is 10.1 Å². The van der Waals surface area contributed by atoms with Crippen molar-refractivity contribution < 1.29 is 14.3 Å². The number of hydrogen-bond acceptors (Lipinski definition) is 6. The normalized spacial score (nSPS) is 11.8. The SMILES string of the molecule is COC(=O)CC(C)NC(=O)c1ccc(CSc2nc(C)cs2)cc1. The molecule has 1 aromatic heterocycles. The van der Waals surface area contributed by atoms with E-state index in [1.165, 1.54) is 7.11 Å². The Labute approximate surface area is 149 Å². The van der Waals surface area contributed by atoms with E-state index in [-0.39, 0.29) is 24.3 Å². The van der Waals surface area contributed by atoms with Gasteiger partial charge in [0.2, 0.25) is 0 Å². The van der Waals surface area contributed by atoms with E-state index in [4.69, 9.17) is 0 Å². The summed E-state index contributed by atoms with van der Waals surface area (Å²) in [5.74, 6) is 0.280. The van der Waals surface area contributed by atoms with Crippen molar-refractivity contribution >= 4 is 35.0 Å². The number of carbonyl (C=O) groups excluding carboxylic acids is 2. The van der Waals surface area contributed by atoms with Crippen LogP contribution in [0.1, 0.15) is 35.0 Å². The molecular formula is C17H20N2O3S2. The number of methoxy groups -OCH3 is 1. The number of aryl methyl sites for hydroxylation is 1. The molecule has 0 saturated heterocycles. The van der Waals surface area contributed by atoms with Crippen LogP contribution in [0.3, 0.4) is 0 Å². The molecule has 0 saturated carbocycles. The summed E-state index contributed by atoms with van der Waals surface area (Å²) < 4.78 is 5.64. The molecule has 2 rings (SSSR count). The minimum atomic E-state index is -0.340. The number of carbonyl (C=O) groups is 2. The number of rotatable bonds is 7. The molecule has 0 aliphatic heterocycles. The molecule has 5 nitrogen and oxygen atoms in total. The van der Waals surface area contributed by atoms with Crippen LogP contribution >= 0.6 is 23.1 Å². The lowest BCUT2D eigenvalue weighted by atomic mass is 10.1. The van der Waals surface area contributed by atoms with E-state index in [1.807, 2.05) is 24.4 Å². The zero-order chi connectivity index (χ0) is 17.5. The van der Waals surface area contributed by atoms with Crippen LogP contribution in [0.25, 0.3) is 0 Å². The second kappa shape index (κ2) is 8.84. The second-order valence-corrected chi connectivity index (χ2v) is 7.48. The molecule has 0 spiro atoms. The molecule has 1 amide bonds. The quantitative estimate of drug-likeness (QED) is 0.602. The first kappa shape index (κ1) is 18.5. The van der Waals surface area contributed by atoms with E-state index in [2.05, 4.69) is 15.0 Å². The average Bonchev–Trinajstić information content (AvgIpc) is 2.98. The monoisotopic (exact) mass is 364 g/mol. The van der Waals surface area contributed by atoms with E-state index < -0.39 is 0 Å². The van der Waals surface area contributed by atoms with Crippen molar-refractivity contribution in [1.82, 2.24) is 10.3 Å². The third-order valence-corrected chi connectivity index (χ3v) is 5.46. The molecule has 0 radical (unpaired) electrons. The summed E-state index contributed by atoms with van der Waals surface area (Å²) in [5, 5.41) is 4.82. The van der Waals surface area contributed by atoms with Crippen LogP contribution in [0.5, 0.6) is 0 Å². The molecule has 1 unspecified atom stereocenters. The van der Waals surface area contributed by atoms with Crippen LogP contribution in [-0.2, 0) is 15.3 Å². The Morgan fingerprint density at radius 2 is 2.04 bits per heavy atom.